The molecule has 1 aliphatic carbocycles. The van der Waals surface area contributed by atoms with Crippen molar-refractivity contribution in [3.05, 3.63) is 23.7 Å². The van der Waals surface area contributed by atoms with Crippen LogP contribution >= 0.6 is 0 Å². The summed E-state index contributed by atoms with van der Waals surface area (Å²) in [7, 11) is 1.30. The molecule has 0 radical (unpaired) electrons. The van der Waals surface area contributed by atoms with E-state index in [0.717, 1.165) is 24.3 Å². The lowest BCUT2D eigenvalue weighted by Gasteiger charge is -2.47. The van der Waals surface area contributed by atoms with E-state index in [1.54, 1.807) is 4.52 Å². The summed E-state index contributed by atoms with van der Waals surface area (Å²) >= 11 is 0. The third kappa shape index (κ3) is 2.30. The van der Waals surface area contributed by atoms with Crippen LogP contribution in [0.4, 0.5) is 5.69 Å². The van der Waals surface area contributed by atoms with Gasteiger partial charge in [-0.15, -0.1) is 5.10 Å². The molecule has 4 fully saturated rings. The third-order valence-corrected chi connectivity index (χ3v) is 6.88. The van der Waals surface area contributed by atoms with Crippen molar-refractivity contribution < 1.29 is 19.1 Å². The van der Waals surface area contributed by atoms with Gasteiger partial charge < -0.3 is 20.1 Å². The number of amides is 1. The zero-order chi connectivity index (χ0) is 20.6. The zero-order valence-electron chi connectivity index (χ0n) is 16.8. The van der Waals surface area contributed by atoms with Gasteiger partial charge in [0, 0.05) is 19.5 Å². The van der Waals surface area contributed by atoms with Gasteiger partial charge in [0.05, 0.1) is 31.0 Å². The van der Waals surface area contributed by atoms with Crippen LogP contribution in [0.3, 0.4) is 0 Å². The van der Waals surface area contributed by atoms with Crippen LogP contribution in [0.1, 0.15) is 31.2 Å². The smallest absolute Gasteiger partial charge is 0.313 e. The molecule has 2 aromatic rings. The maximum atomic E-state index is 12.5. The van der Waals surface area contributed by atoms with Crippen molar-refractivity contribution in [2.75, 3.05) is 31.7 Å². The molecular weight excluding hydrogens is 374 g/mol. The second kappa shape index (κ2) is 5.91. The Labute approximate surface area is 168 Å². The van der Waals surface area contributed by atoms with E-state index in [9.17, 15) is 9.59 Å². The van der Waals surface area contributed by atoms with Crippen molar-refractivity contribution in [3.63, 3.8) is 0 Å². The Hall–Kier alpha value is -2.68. The van der Waals surface area contributed by atoms with Gasteiger partial charge in [0.25, 0.3) is 0 Å². The van der Waals surface area contributed by atoms with Gasteiger partial charge in [-0.05, 0) is 30.9 Å². The summed E-state index contributed by atoms with van der Waals surface area (Å²) in [6.45, 7) is 6.37. The van der Waals surface area contributed by atoms with E-state index in [1.807, 2.05) is 13.1 Å². The lowest BCUT2D eigenvalue weighted by Crippen LogP contribution is -2.62. The molecule has 3 aliphatic heterocycles. The second-order valence-electron chi connectivity index (χ2n) is 8.76. The molecule has 29 heavy (non-hydrogen) atoms. The van der Waals surface area contributed by atoms with Crippen molar-refractivity contribution in [3.8, 4) is 0 Å². The summed E-state index contributed by atoms with van der Waals surface area (Å²) in [5, 5.41) is 4.67. The molecule has 2 aromatic heterocycles. The summed E-state index contributed by atoms with van der Waals surface area (Å²) < 4.78 is 12.7. The Bertz CT molecular complexity index is 1040. The fraction of sp³-hybridized carbons (Fsp3) is 0.600. The van der Waals surface area contributed by atoms with Crippen LogP contribution in [0.15, 0.2) is 12.3 Å². The number of anilines is 1. The molecule has 6 rings (SSSR count). The van der Waals surface area contributed by atoms with Gasteiger partial charge in [0.2, 0.25) is 5.91 Å². The molecule has 9 heteroatoms. The molecule has 0 spiro atoms. The highest BCUT2D eigenvalue weighted by atomic mass is 16.5. The quantitative estimate of drug-likeness (QED) is 0.756. The number of primary amides is 1. The van der Waals surface area contributed by atoms with Crippen LogP contribution in [0, 0.1) is 24.2 Å². The minimum absolute atomic E-state index is 0.0769. The average molecular weight is 399 g/mol. The van der Waals surface area contributed by atoms with Crippen LogP contribution in [0.5, 0.6) is 0 Å². The molecule has 2 bridgehead atoms. The normalized spacial score (nSPS) is 33.1. The first-order valence-electron chi connectivity index (χ1n) is 9.95. The first kappa shape index (κ1) is 18.4. The van der Waals surface area contributed by atoms with Gasteiger partial charge in [-0.2, -0.15) is 0 Å². The van der Waals surface area contributed by atoms with Crippen LogP contribution in [-0.4, -0.2) is 53.3 Å². The van der Waals surface area contributed by atoms with Gasteiger partial charge in [0.15, 0.2) is 11.5 Å². The highest BCUT2D eigenvalue weighted by molar-refractivity contribution is 5.92. The van der Waals surface area contributed by atoms with E-state index in [1.165, 1.54) is 13.5 Å². The lowest BCUT2D eigenvalue weighted by molar-refractivity contribution is -0.177. The van der Waals surface area contributed by atoms with Crippen LogP contribution in [-0.2, 0) is 24.7 Å². The van der Waals surface area contributed by atoms with Crippen LogP contribution in [0.25, 0.3) is 5.65 Å². The zero-order valence-corrected chi connectivity index (χ0v) is 16.8. The molecule has 9 nitrogen and oxygen atoms in total. The van der Waals surface area contributed by atoms with Gasteiger partial charge in [-0.1, -0.05) is 6.92 Å². The molecule has 5 heterocycles. The second-order valence-corrected chi connectivity index (χ2v) is 8.76. The molecule has 4 unspecified atom stereocenters. The number of fused-ring (bicyclic) bond motifs is 2. The summed E-state index contributed by atoms with van der Waals surface area (Å²) in [6.07, 6.45) is 3.43. The first-order chi connectivity index (χ1) is 13.8. The number of hydrogen-bond acceptors (Lipinski definition) is 7. The molecule has 3 saturated heterocycles. The number of nitrogens with zero attached hydrogens (tertiary/aromatic N) is 4. The molecule has 0 aromatic carbocycles. The fourth-order valence-corrected chi connectivity index (χ4v) is 5.27. The molecule has 1 saturated carbocycles. The number of nitrogens with two attached hydrogens (primary N) is 1. The first-order valence-corrected chi connectivity index (χ1v) is 9.95. The van der Waals surface area contributed by atoms with E-state index in [2.05, 4.69) is 23.0 Å². The minimum Gasteiger partial charge on any atom is -0.469 e. The largest absolute Gasteiger partial charge is 0.469 e. The number of aryl methyl sites for hydroxylation is 1. The van der Waals surface area contributed by atoms with Gasteiger partial charge in [-0.3, -0.25) is 9.59 Å². The Morgan fingerprint density at radius 3 is 2.86 bits per heavy atom. The number of hydrogen-bond donors (Lipinski definition) is 1. The monoisotopic (exact) mass is 399 g/mol. The standard InChI is InChI=1S/C20H25N5O4/c1-11-4-5-24(7-11)13-6-12(2)15-22-18(23-25(15)8-13)20-9-19(10-29-20,17(21)27)14(20)16(26)28-3/h6,8,11,14H,4-5,7,9-10H2,1-3H3,(H2,21,27). The number of rotatable bonds is 4. The van der Waals surface area contributed by atoms with E-state index in [4.69, 9.17) is 20.2 Å². The number of pyridine rings is 1. The molecule has 1 amide bonds. The van der Waals surface area contributed by atoms with Crippen molar-refractivity contribution in [1.82, 2.24) is 14.6 Å². The van der Waals surface area contributed by atoms with Gasteiger partial charge in [-0.25, -0.2) is 9.50 Å². The number of methoxy groups -OCH3 is 1. The summed E-state index contributed by atoms with van der Waals surface area (Å²) in [5.41, 5.74) is 6.30. The Kier molecular flexibility index (Phi) is 3.74. The summed E-state index contributed by atoms with van der Waals surface area (Å²) in [6, 6.07) is 2.12. The fourth-order valence-electron chi connectivity index (χ4n) is 5.27. The third-order valence-electron chi connectivity index (χ3n) is 6.88. The highest BCUT2D eigenvalue weighted by Crippen LogP contribution is 2.66. The summed E-state index contributed by atoms with van der Waals surface area (Å²) in [5.74, 6) is -0.825. The maximum Gasteiger partial charge on any atom is 0.313 e. The number of carbonyl (C=O) groups is 2. The molecule has 4 aliphatic rings. The predicted octanol–water partition coefficient (Wildman–Crippen LogP) is 0.774. The number of esters is 1. The highest BCUT2D eigenvalue weighted by Gasteiger charge is 2.78. The van der Waals surface area contributed by atoms with Gasteiger partial charge >= 0.3 is 5.97 Å². The van der Waals surface area contributed by atoms with Crippen LogP contribution in [0.2, 0.25) is 0 Å². The van der Waals surface area contributed by atoms with Crippen molar-refractivity contribution in [2.24, 2.45) is 23.0 Å². The minimum atomic E-state index is -1.07. The van der Waals surface area contributed by atoms with Crippen molar-refractivity contribution in [1.29, 1.82) is 0 Å². The van der Waals surface area contributed by atoms with E-state index in [-0.39, 0.29) is 6.61 Å². The van der Waals surface area contributed by atoms with E-state index >= 15 is 0 Å². The molecule has 154 valence electrons. The SMILES string of the molecule is COC(=O)C1C2(C(N)=O)COC1(c1nc3c(C)cc(N4CCC(C)C4)cn3n1)C2. The Morgan fingerprint density at radius 1 is 1.41 bits per heavy atom. The van der Waals surface area contributed by atoms with Crippen molar-refractivity contribution >= 4 is 23.2 Å². The lowest BCUT2D eigenvalue weighted by atomic mass is 9.53. The van der Waals surface area contributed by atoms with Crippen LogP contribution < -0.4 is 10.6 Å². The van der Waals surface area contributed by atoms with Crippen molar-refractivity contribution in [2.45, 2.75) is 32.3 Å². The summed E-state index contributed by atoms with van der Waals surface area (Å²) in [4.78, 5) is 31.6. The number of carbonyl (C=O) groups excluding carboxylic acids is 2. The average Bonchev–Trinajstić information content (AvgIpc) is 3.41. The van der Waals surface area contributed by atoms with E-state index < -0.39 is 28.8 Å². The Balaban J connectivity index is 1.56. The Morgan fingerprint density at radius 2 is 2.21 bits per heavy atom. The van der Waals surface area contributed by atoms with Gasteiger partial charge in [0.1, 0.15) is 11.5 Å². The topological polar surface area (TPSA) is 112 Å². The number of ether oxygens (including phenoxy) is 2. The predicted molar refractivity (Wildman–Crippen MR) is 103 cm³/mol. The molecule has 2 N–H and O–H groups in total. The van der Waals surface area contributed by atoms with E-state index in [0.29, 0.717) is 23.8 Å². The number of aromatic nitrogens is 3. The molecular formula is C20H25N5O4. The molecule has 4 atom stereocenters. The maximum absolute atomic E-state index is 12.5.